The van der Waals surface area contributed by atoms with Crippen LogP contribution in [0.3, 0.4) is 0 Å². The lowest BCUT2D eigenvalue weighted by Gasteiger charge is -2.23. The van der Waals surface area contributed by atoms with Crippen molar-refractivity contribution in [3.05, 3.63) is 0 Å². The largest absolute Gasteiger partial charge is 0.370 e. The molecule has 0 aromatic carbocycles. The van der Waals surface area contributed by atoms with E-state index in [-0.39, 0.29) is 12.5 Å². The highest BCUT2D eigenvalue weighted by atomic mass is 16.2. The van der Waals surface area contributed by atoms with Gasteiger partial charge in [0.15, 0.2) is 5.96 Å². The van der Waals surface area contributed by atoms with E-state index in [1.165, 1.54) is 19.3 Å². The number of nitrogens with two attached hydrogens (primary N) is 1. The summed E-state index contributed by atoms with van der Waals surface area (Å²) in [6, 6.07) is 0.837. The Morgan fingerprint density at radius 1 is 1.06 bits per heavy atom. The van der Waals surface area contributed by atoms with Crippen molar-refractivity contribution in [3.63, 3.8) is 0 Å². The maximum absolute atomic E-state index is 11.4. The van der Waals surface area contributed by atoms with Crippen LogP contribution in [0.1, 0.15) is 44.9 Å². The van der Waals surface area contributed by atoms with Gasteiger partial charge in [0, 0.05) is 12.1 Å². The number of nitrogens with one attached hydrogen (secondary N) is 2. The molecule has 0 spiro atoms. The van der Waals surface area contributed by atoms with Crippen molar-refractivity contribution < 1.29 is 4.79 Å². The van der Waals surface area contributed by atoms with E-state index in [1.807, 2.05) is 0 Å². The fraction of sp³-hybridized carbons (Fsp3) is 0.833. The minimum atomic E-state index is -0.0269. The van der Waals surface area contributed by atoms with Gasteiger partial charge in [-0.1, -0.05) is 19.3 Å². The number of carbonyl (C=O) groups excluding carboxylic acids is 1. The van der Waals surface area contributed by atoms with Crippen LogP contribution in [0.2, 0.25) is 0 Å². The summed E-state index contributed by atoms with van der Waals surface area (Å²) >= 11 is 0. The van der Waals surface area contributed by atoms with Crippen LogP contribution in [0.15, 0.2) is 4.99 Å². The Hall–Kier alpha value is -1.26. The molecular formula is C12H22N4O. The molecule has 2 rings (SSSR count). The van der Waals surface area contributed by atoms with E-state index < -0.39 is 0 Å². The number of hydrogen-bond acceptors (Lipinski definition) is 2. The number of amides is 1. The van der Waals surface area contributed by atoms with Crippen LogP contribution in [0.5, 0.6) is 0 Å². The van der Waals surface area contributed by atoms with E-state index in [2.05, 4.69) is 15.6 Å². The first-order valence-corrected chi connectivity index (χ1v) is 6.60. The molecule has 1 amide bonds. The Morgan fingerprint density at radius 3 is 2.35 bits per heavy atom. The molecule has 2 fully saturated rings. The van der Waals surface area contributed by atoms with Crippen molar-refractivity contribution in [3.8, 4) is 0 Å². The first-order valence-electron chi connectivity index (χ1n) is 6.60. The number of guanidine groups is 1. The van der Waals surface area contributed by atoms with E-state index in [9.17, 15) is 4.79 Å². The van der Waals surface area contributed by atoms with Crippen LogP contribution in [-0.2, 0) is 4.79 Å². The Kier molecular flexibility index (Phi) is 4.23. The van der Waals surface area contributed by atoms with Gasteiger partial charge in [0.05, 0.1) is 0 Å². The number of carbonyl (C=O) groups is 1. The molecular weight excluding hydrogens is 216 g/mol. The van der Waals surface area contributed by atoms with Crippen molar-refractivity contribution in [1.29, 1.82) is 0 Å². The second-order valence-corrected chi connectivity index (χ2v) is 5.02. The molecule has 17 heavy (non-hydrogen) atoms. The summed E-state index contributed by atoms with van der Waals surface area (Å²) in [5.41, 5.74) is 5.76. The lowest BCUT2D eigenvalue weighted by Crippen LogP contribution is -2.41. The summed E-state index contributed by atoms with van der Waals surface area (Å²) in [5, 5.41) is 6.07. The quantitative estimate of drug-likeness (QED) is 0.493. The Labute approximate surface area is 102 Å². The molecule has 2 aliphatic rings. The maximum Gasteiger partial charge on any atom is 0.242 e. The number of aliphatic imine (C=N–C) groups is 1. The van der Waals surface area contributed by atoms with Crippen molar-refractivity contribution >= 4 is 11.9 Å². The Morgan fingerprint density at radius 2 is 1.71 bits per heavy atom. The van der Waals surface area contributed by atoms with Crippen molar-refractivity contribution in [2.75, 3.05) is 6.54 Å². The van der Waals surface area contributed by atoms with Crippen LogP contribution in [0.25, 0.3) is 0 Å². The highest BCUT2D eigenvalue weighted by Crippen LogP contribution is 2.18. The highest BCUT2D eigenvalue weighted by Gasteiger charge is 2.22. The van der Waals surface area contributed by atoms with Crippen LogP contribution in [0.4, 0.5) is 0 Å². The smallest absolute Gasteiger partial charge is 0.242 e. The molecule has 0 unspecified atom stereocenters. The van der Waals surface area contributed by atoms with Gasteiger partial charge >= 0.3 is 0 Å². The highest BCUT2D eigenvalue weighted by molar-refractivity contribution is 5.84. The van der Waals surface area contributed by atoms with Gasteiger partial charge < -0.3 is 16.4 Å². The van der Waals surface area contributed by atoms with Crippen molar-refractivity contribution in [2.45, 2.75) is 57.0 Å². The van der Waals surface area contributed by atoms with Crippen LogP contribution in [-0.4, -0.2) is 30.5 Å². The molecule has 96 valence electrons. The first kappa shape index (κ1) is 12.2. The number of hydrogen-bond donors (Lipinski definition) is 3. The fourth-order valence-electron chi connectivity index (χ4n) is 2.16. The predicted molar refractivity (Wildman–Crippen MR) is 67.7 cm³/mol. The third kappa shape index (κ3) is 4.63. The molecule has 4 N–H and O–H groups in total. The molecule has 0 aromatic heterocycles. The van der Waals surface area contributed by atoms with Gasteiger partial charge in [-0.15, -0.1) is 0 Å². The molecule has 0 saturated heterocycles. The standard InChI is InChI=1S/C12H22N4O/c13-12(16-9-4-2-1-3-5-9)14-8-11(17)15-10-6-7-10/h9-10H,1-8H2,(H,15,17)(H3,13,14,16). The van der Waals surface area contributed by atoms with E-state index in [0.29, 0.717) is 18.0 Å². The minimum absolute atomic E-state index is 0.0269. The summed E-state index contributed by atoms with van der Waals surface area (Å²) in [6.45, 7) is 0.141. The first-order chi connectivity index (χ1) is 8.24. The monoisotopic (exact) mass is 238 g/mol. The van der Waals surface area contributed by atoms with Gasteiger partial charge in [0.1, 0.15) is 6.54 Å². The topological polar surface area (TPSA) is 79.5 Å². The summed E-state index contributed by atoms with van der Waals surface area (Å²) in [7, 11) is 0. The van der Waals surface area contributed by atoms with Gasteiger partial charge in [-0.3, -0.25) is 4.79 Å². The lowest BCUT2D eigenvalue weighted by atomic mass is 9.96. The summed E-state index contributed by atoms with van der Waals surface area (Å²) < 4.78 is 0. The average Bonchev–Trinajstić information content (AvgIpc) is 3.12. The van der Waals surface area contributed by atoms with E-state index in [4.69, 9.17) is 5.73 Å². The molecule has 0 bridgehead atoms. The molecule has 2 aliphatic carbocycles. The Bertz CT molecular complexity index is 293. The zero-order valence-electron chi connectivity index (χ0n) is 10.2. The SMILES string of the molecule is NC(=NCC(=O)NC1CC1)NC1CCCCC1. The second kappa shape index (κ2) is 5.89. The third-order valence-electron chi connectivity index (χ3n) is 3.29. The summed E-state index contributed by atoms with van der Waals surface area (Å²) in [5.74, 6) is 0.378. The van der Waals surface area contributed by atoms with Gasteiger partial charge in [0.25, 0.3) is 0 Å². The van der Waals surface area contributed by atoms with E-state index >= 15 is 0 Å². The van der Waals surface area contributed by atoms with Gasteiger partial charge in [-0.25, -0.2) is 4.99 Å². The van der Waals surface area contributed by atoms with Gasteiger partial charge in [-0.05, 0) is 25.7 Å². The molecule has 0 aliphatic heterocycles. The van der Waals surface area contributed by atoms with Crippen LogP contribution >= 0.6 is 0 Å². The molecule has 0 radical (unpaired) electrons. The van der Waals surface area contributed by atoms with Crippen LogP contribution < -0.4 is 16.4 Å². The van der Waals surface area contributed by atoms with E-state index in [1.54, 1.807) is 0 Å². The minimum Gasteiger partial charge on any atom is -0.370 e. The molecule has 0 aromatic rings. The normalized spacial score (nSPS) is 22.2. The van der Waals surface area contributed by atoms with Crippen molar-refractivity contribution in [1.82, 2.24) is 10.6 Å². The molecule has 5 nitrogen and oxygen atoms in total. The zero-order chi connectivity index (χ0) is 12.1. The van der Waals surface area contributed by atoms with Gasteiger partial charge in [-0.2, -0.15) is 0 Å². The Balaban J connectivity index is 1.66. The zero-order valence-corrected chi connectivity index (χ0v) is 10.2. The van der Waals surface area contributed by atoms with Gasteiger partial charge in [0.2, 0.25) is 5.91 Å². The van der Waals surface area contributed by atoms with E-state index in [0.717, 1.165) is 25.7 Å². The predicted octanol–water partition coefficient (Wildman–Crippen LogP) is 0.502. The second-order valence-electron chi connectivity index (χ2n) is 5.02. The molecule has 5 heteroatoms. The molecule has 0 heterocycles. The third-order valence-corrected chi connectivity index (χ3v) is 3.29. The fourth-order valence-corrected chi connectivity index (χ4v) is 2.16. The molecule has 0 atom stereocenters. The average molecular weight is 238 g/mol. The van der Waals surface area contributed by atoms with Crippen molar-refractivity contribution in [2.24, 2.45) is 10.7 Å². The summed E-state index contributed by atoms with van der Waals surface area (Å²) in [4.78, 5) is 15.5. The summed E-state index contributed by atoms with van der Waals surface area (Å²) in [6.07, 6.45) is 8.35. The van der Waals surface area contributed by atoms with Crippen LogP contribution in [0, 0.1) is 0 Å². The molecule has 2 saturated carbocycles. The number of nitrogens with zero attached hydrogens (tertiary/aromatic N) is 1. The number of rotatable bonds is 4. The lowest BCUT2D eigenvalue weighted by molar-refractivity contribution is -0.119. The maximum atomic E-state index is 11.4.